The van der Waals surface area contributed by atoms with Crippen molar-refractivity contribution in [2.45, 2.75) is 70.9 Å². The number of aliphatic imine (C=N–C) groups is 1. The predicted molar refractivity (Wildman–Crippen MR) is 113 cm³/mol. The third kappa shape index (κ3) is 5.84. The number of aromatic nitrogens is 1. The fourth-order valence-electron chi connectivity index (χ4n) is 4.10. The molecule has 1 heterocycles. The lowest BCUT2D eigenvalue weighted by atomic mass is 9.67. The van der Waals surface area contributed by atoms with Crippen LogP contribution in [0.3, 0.4) is 0 Å². The molecule has 156 valence electrons. The summed E-state index contributed by atoms with van der Waals surface area (Å²) in [5.41, 5.74) is 1.40. The zero-order chi connectivity index (χ0) is 19.7. The molecule has 2 N–H and O–H groups in total. The first-order chi connectivity index (χ1) is 13.7. The number of hydrogen-bond acceptors (Lipinski definition) is 4. The lowest BCUT2D eigenvalue weighted by Gasteiger charge is -2.42. The molecule has 3 rings (SSSR count). The molecule has 0 aliphatic heterocycles. The van der Waals surface area contributed by atoms with Crippen LogP contribution in [0.4, 0.5) is 0 Å². The summed E-state index contributed by atoms with van der Waals surface area (Å²) in [6, 6.07) is 4.02. The summed E-state index contributed by atoms with van der Waals surface area (Å²) in [6.45, 7) is 5.28. The van der Waals surface area contributed by atoms with E-state index in [-0.39, 0.29) is 0 Å². The van der Waals surface area contributed by atoms with Gasteiger partial charge in [0.15, 0.2) is 5.96 Å². The summed E-state index contributed by atoms with van der Waals surface area (Å²) in [5, 5.41) is 6.93. The molecule has 28 heavy (non-hydrogen) atoms. The SMILES string of the molecule is CCNC(=NCc1cccnc1OC1CCCC1)NCC1(CCOC)CCC1. The van der Waals surface area contributed by atoms with E-state index in [1.165, 1.54) is 32.1 Å². The van der Waals surface area contributed by atoms with Gasteiger partial charge in [-0.25, -0.2) is 9.98 Å². The Hall–Kier alpha value is -1.82. The van der Waals surface area contributed by atoms with Gasteiger partial charge in [0, 0.05) is 38.6 Å². The number of nitrogens with zero attached hydrogens (tertiary/aromatic N) is 2. The molecular weight excluding hydrogens is 352 g/mol. The second-order valence-corrected chi connectivity index (χ2v) is 8.14. The van der Waals surface area contributed by atoms with Crippen LogP contribution in [-0.4, -0.2) is 43.9 Å². The molecule has 0 amide bonds. The average Bonchev–Trinajstić information content (AvgIpc) is 3.19. The number of pyridine rings is 1. The van der Waals surface area contributed by atoms with Crippen molar-refractivity contribution >= 4 is 5.96 Å². The first-order valence-electron chi connectivity index (χ1n) is 10.9. The highest BCUT2D eigenvalue weighted by atomic mass is 16.5. The zero-order valence-electron chi connectivity index (χ0n) is 17.5. The summed E-state index contributed by atoms with van der Waals surface area (Å²) in [6.07, 6.45) is 11.8. The molecule has 6 heteroatoms. The van der Waals surface area contributed by atoms with Crippen LogP contribution in [0.15, 0.2) is 23.3 Å². The maximum atomic E-state index is 6.15. The minimum Gasteiger partial charge on any atom is -0.474 e. The van der Waals surface area contributed by atoms with E-state index in [1.54, 1.807) is 13.3 Å². The molecule has 2 aliphatic rings. The van der Waals surface area contributed by atoms with Crippen molar-refractivity contribution in [2.24, 2.45) is 10.4 Å². The number of hydrogen-bond donors (Lipinski definition) is 2. The molecule has 0 bridgehead atoms. The smallest absolute Gasteiger partial charge is 0.218 e. The molecule has 0 aromatic carbocycles. The quantitative estimate of drug-likeness (QED) is 0.473. The molecule has 0 radical (unpaired) electrons. The topological polar surface area (TPSA) is 67.8 Å². The van der Waals surface area contributed by atoms with E-state index in [0.717, 1.165) is 56.4 Å². The van der Waals surface area contributed by atoms with Crippen molar-refractivity contribution < 1.29 is 9.47 Å². The molecule has 2 aliphatic carbocycles. The van der Waals surface area contributed by atoms with Crippen molar-refractivity contribution in [2.75, 3.05) is 26.8 Å². The van der Waals surface area contributed by atoms with Crippen LogP contribution in [0.2, 0.25) is 0 Å². The highest BCUT2D eigenvalue weighted by molar-refractivity contribution is 5.79. The van der Waals surface area contributed by atoms with Crippen LogP contribution in [0.1, 0.15) is 63.9 Å². The van der Waals surface area contributed by atoms with Gasteiger partial charge in [0.25, 0.3) is 0 Å². The van der Waals surface area contributed by atoms with Gasteiger partial charge in [-0.3, -0.25) is 0 Å². The van der Waals surface area contributed by atoms with Gasteiger partial charge in [0.1, 0.15) is 6.10 Å². The van der Waals surface area contributed by atoms with Gasteiger partial charge in [0.2, 0.25) is 5.88 Å². The first kappa shape index (κ1) is 20.9. The number of nitrogens with one attached hydrogen (secondary N) is 2. The summed E-state index contributed by atoms with van der Waals surface area (Å²) in [5.74, 6) is 1.60. The second kappa shape index (κ2) is 10.6. The van der Waals surface area contributed by atoms with Crippen LogP contribution in [0.5, 0.6) is 5.88 Å². The molecule has 0 unspecified atom stereocenters. The molecule has 0 saturated heterocycles. The fourth-order valence-corrected chi connectivity index (χ4v) is 4.10. The minimum atomic E-state index is 0.309. The number of guanidine groups is 1. The Morgan fingerprint density at radius 2 is 2.07 bits per heavy atom. The first-order valence-corrected chi connectivity index (χ1v) is 10.9. The van der Waals surface area contributed by atoms with Crippen molar-refractivity contribution in [1.82, 2.24) is 15.6 Å². The van der Waals surface area contributed by atoms with Crippen molar-refractivity contribution in [3.8, 4) is 5.88 Å². The maximum absolute atomic E-state index is 6.15. The monoisotopic (exact) mass is 388 g/mol. The zero-order valence-corrected chi connectivity index (χ0v) is 17.5. The highest BCUT2D eigenvalue weighted by Crippen LogP contribution is 2.43. The molecule has 1 aromatic rings. The largest absolute Gasteiger partial charge is 0.474 e. The van der Waals surface area contributed by atoms with Gasteiger partial charge in [-0.2, -0.15) is 0 Å². The third-order valence-electron chi connectivity index (χ3n) is 6.06. The standard InChI is InChI=1S/C22H36N4O2/c1-3-23-21(26-17-22(11-7-12-22)13-15-27-2)25-16-18-8-6-14-24-20(18)28-19-9-4-5-10-19/h6,8,14,19H,3-5,7,9-13,15-17H2,1-2H3,(H2,23,25,26). The van der Waals surface area contributed by atoms with Gasteiger partial charge in [-0.05, 0) is 63.4 Å². The molecular formula is C22H36N4O2. The van der Waals surface area contributed by atoms with E-state index in [0.29, 0.717) is 18.1 Å². The average molecular weight is 389 g/mol. The van der Waals surface area contributed by atoms with Crippen molar-refractivity contribution in [3.63, 3.8) is 0 Å². The number of methoxy groups -OCH3 is 1. The van der Waals surface area contributed by atoms with E-state index in [4.69, 9.17) is 14.5 Å². The van der Waals surface area contributed by atoms with E-state index >= 15 is 0 Å². The normalized spacial score (nSPS) is 19.3. The number of rotatable bonds is 10. The Kier molecular flexibility index (Phi) is 7.95. The second-order valence-electron chi connectivity index (χ2n) is 8.14. The van der Waals surface area contributed by atoms with Crippen LogP contribution in [0, 0.1) is 5.41 Å². The van der Waals surface area contributed by atoms with Crippen LogP contribution in [-0.2, 0) is 11.3 Å². The Balaban J connectivity index is 1.59. The Bertz CT molecular complexity index is 625. The summed E-state index contributed by atoms with van der Waals surface area (Å²) >= 11 is 0. The Labute approximate surface area is 169 Å². The van der Waals surface area contributed by atoms with Gasteiger partial charge < -0.3 is 20.1 Å². The predicted octanol–water partition coefficient (Wildman–Crippen LogP) is 3.66. The van der Waals surface area contributed by atoms with Crippen LogP contribution in [0.25, 0.3) is 0 Å². The Morgan fingerprint density at radius 3 is 2.75 bits per heavy atom. The van der Waals surface area contributed by atoms with Crippen LogP contribution >= 0.6 is 0 Å². The molecule has 0 spiro atoms. The molecule has 6 nitrogen and oxygen atoms in total. The van der Waals surface area contributed by atoms with Gasteiger partial charge in [-0.15, -0.1) is 0 Å². The highest BCUT2D eigenvalue weighted by Gasteiger charge is 2.36. The lowest BCUT2D eigenvalue weighted by Crippen LogP contribution is -2.47. The summed E-state index contributed by atoms with van der Waals surface area (Å²) < 4.78 is 11.5. The van der Waals surface area contributed by atoms with E-state index in [9.17, 15) is 0 Å². The van der Waals surface area contributed by atoms with E-state index in [2.05, 4.69) is 28.6 Å². The summed E-state index contributed by atoms with van der Waals surface area (Å²) in [4.78, 5) is 9.27. The summed E-state index contributed by atoms with van der Waals surface area (Å²) in [7, 11) is 1.78. The lowest BCUT2D eigenvalue weighted by molar-refractivity contribution is 0.0732. The molecule has 0 atom stereocenters. The van der Waals surface area contributed by atoms with Gasteiger partial charge >= 0.3 is 0 Å². The van der Waals surface area contributed by atoms with Gasteiger partial charge in [0.05, 0.1) is 6.54 Å². The minimum absolute atomic E-state index is 0.309. The fraction of sp³-hybridized carbons (Fsp3) is 0.727. The Morgan fingerprint density at radius 1 is 1.25 bits per heavy atom. The van der Waals surface area contributed by atoms with Crippen molar-refractivity contribution in [1.29, 1.82) is 0 Å². The van der Waals surface area contributed by atoms with E-state index < -0.39 is 0 Å². The molecule has 2 saturated carbocycles. The molecule has 2 fully saturated rings. The maximum Gasteiger partial charge on any atom is 0.218 e. The third-order valence-corrected chi connectivity index (χ3v) is 6.06. The molecule has 1 aromatic heterocycles. The van der Waals surface area contributed by atoms with Crippen molar-refractivity contribution in [3.05, 3.63) is 23.9 Å². The van der Waals surface area contributed by atoms with E-state index in [1.807, 2.05) is 6.07 Å². The van der Waals surface area contributed by atoms with Gasteiger partial charge in [-0.1, -0.05) is 12.5 Å². The number of ether oxygens (including phenoxy) is 2. The van der Waals surface area contributed by atoms with Crippen LogP contribution < -0.4 is 15.4 Å².